The fourth-order valence-corrected chi connectivity index (χ4v) is 2.72. The van der Waals surface area contributed by atoms with Gasteiger partial charge in [0.2, 0.25) is 0 Å². The van der Waals surface area contributed by atoms with Crippen molar-refractivity contribution in [3.05, 3.63) is 54.1 Å². The number of carbonyl (C=O) groups is 1. The molecule has 6 nitrogen and oxygen atoms in total. The van der Waals surface area contributed by atoms with Crippen molar-refractivity contribution >= 4 is 23.1 Å². The first-order chi connectivity index (χ1) is 13.6. The van der Waals surface area contributed by atoms with Crippen molar-refractivity contribution in [2.24, 2.45) is 0 Å². The van der Waals surface area contributed by atoms with Crippen LogP contribution in [0.2, 0.25) is 0 Å². The van der Waals surface area contributed by atoms with E-state index in [0.29, 0.717) is 18.3 Å². The molecule has 0 radical (unpaired) electrons. The van der Waals surface area contributed by atoms with E-state index in [4.69, 9.17) is 13.9 Å². The first-order valence-corrected chi connectivity index (χ1v) is 9.73. The zero-order chi connectivity index (χ0) is 21.1. The molecule has 0 aliphatic rings. The van der Waals surface area contributed by atoms with E-state index in [9.17, 15) is 4.79 Å². The maximum absolute atomic E-state index is 12.3. The van der Waals surface area contributed by atoms with Crippen LogP contribution < -0.4 is 10.1 Å². The minimum atomic E-state index is -1.07. The van der Waals surface area contributed by atoms with Gasteiger partial charge in [-0.3, -0.25) is 0 Å². The number of nitrogens with zero attached hydrogens (tertiary/aromatic N) is 1. The molecule has 0 unspecified atom stereocenters. The third-order valence-corrected chi connectivity index (χ3v) is 4.17. The molecule has 1 heterocycles. The Morgan fingerprint density at radius 1 is 1.03 bits per heavy atom. The van der Waals surface area contributed by atoms with Crippen LogP contribution in [0.15, 0.2) is 52.9 Å². The normalized spacial score (nSPS) is 12.0. The van der Waals surface area contributed by atoms with Gasteiger partial charge in [-0.25, -0.2) is 4.79 Å². The van der Waals surface area contributed by atoms with E-state index in [1.54, 1.807) is 13.8 Å². The lowest BCUT2D eigenvalue weighted by molar-refractivity contribution is -0.170. The number of aromatic nitrogens is 1. The average molecular weight is 396 g/mol. The Morgan fingerprint density at radius 2 is 1.72 bits per heavy atom. The van der Waals surface area contributed by atoms with E-state index in [1.165, 1.54) is 0 Å². The Balaban J connectivity index is 1.52. The number of benzene rings is 2. The number of hydrogen-bond acceptors (Lipinski definition) is 6. The summed E-state index contributed by atoms with van der Waals surface area (Å²) in [5.74, 6) is 0.230. The smallest absolute Gasteiger partial charge is 0.350 e. The molecule has 3 aromatic rings. The van der Waals surface area contributed by atoms with Crippen LogP contribution in [0, 0.1) is 0 Å². The van der Waals surface area contributed by atoms with Gasteiger partial charge in [-0.2, -0.15) is 4.98 Å². The number of para-hydroxylation sites is 2. The third kappa shape index (κ3) is 5.73. The standard InChI is InChI=1S/C23H28N2O4/c1-22(2,3)29-20(26)23(4,5)28-17-12-10-16(11-13-17)14-15-24-21-25-18-8-6-7-9-19(18)27-21/h6-13H,14-15H2,1-5H3,(H,24,25). The molecule has 0 spiro atoms. The van der Waals surface area contributed by atoms with E-state index < -0.39 is 17.2 Å². The number of carbonyl (C=O) groups excluding carboxylic acids is 1. The highest BCUT2D eigenvalue weighted by atomic mass is 16.6. The van der Waals surface area contributed by atoms with E-state index >= 15 is 0 Å². The largest absolute Gasteiger partial charge is 0.476 e. The fourth-order valence-electron chi connectivity index (χ4n) is 2.72. The Hall–Kier alpha value is -3.02. The SMILES string of the molecule is CC(C)(C)OC(=O)C(C)(C)Oc1ccc(CCNc2nc3ccccc3o2)cc1. The van der Waals surface area contributed by atoms with Gasteiger partial charge in [-0.15, -0.1) is 0 Å². The van der Waals surface area contributed by atoms with Crippen LogP contribution in [-0.2, 0) is 16.0 Å². The molecule has 1 N–H and O–H groups in total. The Kier molecular flexibility index (Phi) is 5.82. The number of rotatable bonds is 7. The number of oxazole rings is 1. The van der Waals surface area contributed by atoms with Gasteiger partial charge in [0.25, 0.3) is 6.01 Å². The first kappa shape index (κ1) is 20.7. The van der Waals surface area contributed by atoms with Gasteiger partial charge in [0.15, 0.2) is 11.2 Å². The molecule has 0 fully saturated rings. The van der Waals surface area contributed by atoms with Crippen LogP contribution in [0.5, 0.6) is 5.75 Å². The molecule has 29 heavy (non-hydrogen) atoms. The van der Waals surface area contributed by atoms with Gasteiger partial charge in [-0.05, 0) is 70.9 Å². The monoisotopic (exact) mass is 396 g/mol. The number of esters is 1. The molecular formula is C23H28N2O4. The van der Waals surface area contributed by atoms with Crippen LogP contribution in [-0.4, -0.2) is 28.7 Å². The van der Waals surface area contributed by atoms with Crippen LogP contribution in [0.25, 0.3) is 11.1 Å². The Morgan fingerprint density at radius 3 is 2.38 bits per heavy atom. The van der Waals surface area contributed by atoms with Crippen molar-refractivity contribution in [3.63, 3.8) is 0 Å². The maximum atomic E-state index is 12.3. The number of ether oxygens (including phenoxy) is 2. The third-order valence-electron chi connectivity index (χ3n) is 4.17. The number of anilines is 1. The second-order valence-electron chi connectivity index (χ2n) is 8.42. The predicted octanol–water partition coefficient (Wildman–Crippen LogP) is 4.98. The van der Waals surface area contributed by atoms with Crippen LogP contribution in [0.4, 0.5) is 6.01 Å². The van der Waals surface area contributed by atoms with Crippen LogP contribution in [0.1, 0.15) is 40.2 Å². The van der Waals surface area contributed by atoms with E-state index in [0.717, 1.165) is 23.1 Å². The van der Waals surface area contributed by atoms with Crippen molar-refractivity contribution in [1.29, 1.82) is 0 Å². The molecule has 154 valence electrons. The molecule has 2 aromatic carbocycles. The van der Waals surface area contributed by atoms with Crippen LogP contribution >= 0.6 is 0 Å². The molecule has 1 aromatic heterocycles. The molecule has 0 atom stereocenters. The van der Waals surface area contributed by atoms with Crippen molar-refractivity contribution in [2.45, 2.75) is 52.2 Å². The summed E-state index contributed by atoms with van der Waals surface area (Å²) >= 11 is 0. The zero-order valence-electron chi connectivity index (χ0n) is 17.6. The lowest BCUT2D eigenvalue weighted by Gasteiger charge is -2.29. The molecule has 6 heteroatoms. The van der Waals surface area contributed by atoms with Gasteiger partial charge in [0.1, 0.15) is 16.9 Å². The summed E-state index contributed by atoms with van der Waals surface area (Å²) in [5.41, 5.74) is 1.12. The summed E-state index contributed by atoms with van der Waals surface area (Å²) in [7, 11) is 0. The Labute approximate surface area is 171 Å². The fraction of sp³-hybridized carbons (Fsp3) is 0.391. The van der Waals surface area contributed by atoms with E-state index in [1.807, 2.05) is 69.3 Å². The molecule has 0 aliphatic heterocycles. The van der Waals surface area contributed by atoms with Crippen molar-refractivity contribution in [3.8, 4) is 5.75 Å². The van der Waals surface area contributed by atoms with E-state index in [-0.39, 0.29) is 0 Å². The van der Waals surface area contributed by atoms with Gasteiger partial charge in [-0.1, -0.05) is 24.3 Å². The highest BCUT2D eigenvalue weighted by Gasteiger charge is 2.34. The number of hydrogen-bond donors (Lipinski definition) is 1. The quantitative estimate of drug-likeness (QED) is 0.568. The number of fused-ring (bicyclic) bond motifs is 1. The summed E-state index contributed by atoms with van der Waals surface area (Å²) in [6.07, 6.45) is 0.800. The molecule has 0 amide bonds. The molecule has 3 rings (SSSR count). The number of nitrogens with one attached hydrogen (secondary N) is 1. The lowest BCUT2D eigenvalue weighted by atomic mass is 10.1. The van der Waals surface area contributed by atoms with Crippen molar-refractivity contribution < 1.29 is 18.7 Å². The molecular weight excluding hydrogens is 368 g/mol. The van der Waals surface area contributed by atoms with Gasteiger partial charge < -0.3 is 19.2 Å². The van der Waals surface area contributed by atoms with Crippen LogP contribution in [0.3, 0.4) is 0 Å². The maximum Gasteiger partial charge on any atom is 0.350 e. The second kappa shape index (κ2) is 8.15. The summed E-state index contributed by atoms with van der Waals surface area (Å²) < 4.78 is 16.9. The second-order valence-corrected chi connectivity index (χ2v) is 8.42. The van der Waals surface area contributed by atoms with Gasteiger partial charge >= 0.3 is 5.97 Å². The molecule has 0 aliphatic carbocycles. The molecule has 0 saturated carbocycles. The van der Waals surface area contributed by atoms with Gasteiger partial charge in [0, 0.05) is 6.54 Å². The lowest BCUT2D eigenvalue weighted by Crippen LogP contribution is -2.43. The van der Waals surface area contributed by atoms with Crippen molar-refractivity contribution in [1.82, 2.24) is 4.98 Å². The summed E-state index contributed by atoms with van der Waals surface area (Å²) in [4.78, 5) is 16.7. The summed E-state index contributed by atoms with van der Waals surface area (Å²) in [6.45, 7) is 9.62. The minimum absolute atomic E-state index is 0.392. The highest BCUT2D eigenvalue weighted by Crippen LogP contribution is 2.23. The van der Waals surface area contributed by atoms with Crippen molar-refractivity contribution in [2.75, 3.05) is 11.9 Å². The topological polar surface area (TPSA) is 73.6 Å². The molecule has 0 saturated heterocycles. The Bertz CT molecular complexity index is 935. The highest BCUT2D eigenvalue weighted by molar-refractivity contribution is 5.79. The average Bonchev–Trinajstić information content (AvgIpc) is 3.04. The molecule has 0 bridgehead atoms. The minimum Gasteiger partial charge on any atom is -0.476 e. The summed E-state index contributed by atoms with van der Waals surface area (Å²) in [6, 6.07) is 15.9. The predicted molar refractivity (Wildman–Crippen MR) is 113 cm³/mol. The summed E-state index contributed by atoms with van der Waals surface area (Å²) in [5, 5.41) is 3.20. The zero-order valence-corrected chi connectivity index (χ0v) is 17.6. The van der Waals surface area contributed by atoms with E-state index in [2.05, 4.69) is 10.3 Å². The van der Waals surface area contributed by atoms with Gasteiger partial charge in [0.05, 0.1) is 0 Å². The first-order valence-electron chi connectivity index (χ1n) is 9.73.